The van der Waals surface area contributed by atoms with E-state index in [-0.39, 0.29) is 6.42 Å². The first-order valence-corrected chi connectivity index (χ1v) is 6.87. The first kappa shape index (κ1) is 12.3. The van der Waals surface area contributed by atoms with Crippen molar-refractivity contribution < 1.29 is 9.90 Å². The summed E-state index contributed by atoms with van der Waals surface area (Å²) in [6, 6.07) is 6.67. The molecule has 1 saturated carbocycles. The largest absolute Gasteiger partial charge is 0.481 e. The number of aromatic nitrogens is 1. The number of nitrogens with zero attached hydrogens (tertiary/aromatic N) is 1. The van der Waals surface area contributed by atoms with E-state index in [0.717, 1.165) is 5.92 Å². The minimum atomic E-state index is -0.731. The molecule has 1 aliphatic carbocycles. The van der Waals surface area contributed by atoms with Crippen molar-refractivity contribution in [3.05, 3.63) is 35.0 Å². The second-order valence-corrected chi connectivity index (χ2v) is 5.57. The number of aliphatic carboxylic acids is 1. The normalized spacial score (nSPS) is 15.1. The van der Waals surface area contributed by atoms with E-state index in [2.05, 4.69) is 36.7 Å². The molecule has 0 radical (unpaired) electrons. The molecule has 3 nitrogen and oxygen atoms in total. The lowest BCUT2D eigenvalue weighted by molar-refractivity contribution is -0.136. The van der Waals surface area contributed by atoms with Crippen molar-refractivity contribution in [1.29, 1.82) is 0 Å². The number of carbonyl (C=O) groups is 1. The molecule has 0 bridgehead atoms. The fourth-order valence-corrected chi connectivity index (χ4v) is 2.88. The van der Waals surface area contributed by atoms with Crippen molar-refractivity contribution >= 4 is 16.9 Å². The predicted octanol–water partition coefficient (Wildman–Crippen LogP) is 3.38. The molecule has 3 heteroatoms. The van der Waals surface area contributed by atoms with Gasteiger partial charge < -0.3 is 9.67 Å². The average Bonchev–Trinajstić information content (AvgIpc) is 3.19. The summed E-state index contributed by atoms with van der Waals surface area (Å²) in [5, 5.41) is 10.1. The zero-order valence-electron chi connectivity index (χ0n) is 11.4. The fraction of sp³-hybridized carbons (Fsp3) is 0.438. The summed E-state index contributed by atoms with van der Waals surface area (Å²) in [5.41, 5.74) is 5.03. The van der Waals surface area contributed by atoms with Crippen LogP contribution in [0.4, 0.5) is 0 Å². The Labute approximate surface area is 112 Å². The minimum absolute atomic E-state index is 0.199. The molecule has 0 amide bonds. The van der Waals surface area contributed by atoms with Crippen molar-refractivity contribution in [2.45, 2.75) is 38.5 Å². The molecular weight excluding hydrogens is 238 g/mol. The molecule has 1 N–H and O–H groups in total. The van der Waals surface area contributed by atoms with Crippen LogP contribution in [0.15, 0.2) is 18.2 Å². The number of carboxylic acids is 1. The summed E-state index contributed by atoms with van der Waals surface area (Å²) >= 11 is 0. The maximum absolute atomic E-state index is 10.8. The van der Waals surface area contributed by atoms with E-state index in [1.807, 2.05) is 0 Å². The van der Waals surface area contributed by atoms with Crippen molar-refractivity contribution in [3.8, 4) is 0 Å². The third kappa shape index (κ3) is 2.14. The second kappa shape index (κ2) is 4.41. The lowest BCUT2D eigenvalue weighted by Gasteiger charge is -2.01. The van der Waals surface area contributed by atoms with Gasteiger partial charge in [-0.1, -0.05) is 12.1 Å². The van der Waals surface area contributed by atoms with Gasteiger partial charge in [0.2, 0.25) is 0 Å². The van der Waals surface area contributed by atoms with Gasteiger partial charge in [-0.15, -0.1) is 0 Å². The van der Waals surface area contributed by atoms with Gasteiger partial charge in [0, 0.05) is 30.1 Å². The number of hydrogen-bond donors (Lipinski definition) is 1. The summed E-state index contributed by atoms with van der Waals surface area (Å²) in [7, 11) is 2.07. The highest BCUT2D eigenvalue weighted by Gasteiger charge is 2.24. The summed E-state index contributed by atoms with van der Waals surface area (Å²) in [4.78, 5) is 10.8. The molecule has 0 spiro atoms. The topological polar surface area (TPSA) is 42.2 Å². The number of benzene rings is 1. The van der Waals surface area contributed by atoms with Crippen LogP contribution in [-0.2, 0) is 18.3 Å². The predicted molar refractivity (Wildman–Crippen MR) is 75.6 cm³/mol. The van der Waals surface area contributed by atoms with Crippen molar-refractivity contribution in [1.82, 2.24) is 4.57 Å². The number of hydrogen-bond acceptors (Lipinski definition) is 1. The highest BCUT2D eigenvalue weighted by atomic mass is 16.4. The summed E-state index contributed by atoms with van der Waals surface area (Å²) in [5.74, 6) is 0.0214. The number of fused-ring (bicyclic) bond motifs is 1. The van der Waals surface area contributed by atoms with Crippen molar-refractivity contribution in [2.75, 3.05) is 0 Å². The van der Waals surface area contributed by atoms with Crippen LogP contribution in [0, 0.1) is 6.92 Å². The van der Waals surface area contributed by atoms with Crippen LogP contribution in [-0.4, -0.2) is 15.6 Å². The molecule has 3 rings (SSSR count). The molecule has 2 aromatic rings. The molecule has 1 aromatic carbocycles. The van der Waals surface area contributed by atoms with Gasteiger partial charge in [0.25, 0.3) is 0 Å². The van der Waals surface area contributed by atoms with Crippen LogP contribution >= 0.6 is 0 Å². The van der Waals surface area contributed by atoms with E-state index in [9.17, 15) is 4.79 Å². The number of carboxylic acid groups (broad SMARTS) is 1. The molecule has 100 valence electrons. The van der Waals surface area contributed by atoms with Gasteiger partial charge in [0.15, 0.2) is 0 Å². The standard InChI is InChI=1S/C16H19NO2/c1-10-13(7-8-16(18)19)14-6-5-12(11-3-4-11)9-15(14)17(10)2/h5-6,9,11H,3-4,7-8H2,1-2H3,(H,18,19). The van der Waals surface area contributed by atoms with E-state index < -0.39 is 5.97 Å². The van der Waals surface area contributed by atoms with Gasteiger partial charge in [-0.25, -0.2) is 0 Å². The first-order valence-electron chi connectivity index (χ1n) is 6.87. The number of aryl methyl sites for hydroxylation is 2. The van der Waals surface area contributed by atoms with Gasteiger partial charge in [0.1, 0.15) is 0 Å². The van der Waals surface area contributed by atoms with Crippen LogP contribution in [0.3, 0.4) is 0 Å². The van der Waals surface area contributed by atoms with Gasteiger partial charge in [-0.3, -0.25) is 4.79 Å². The third-order valence-corrected chi connectivity index (χ3v) is 4.29. The van der Waals surface area contributed by atoms with E-state index in [1.165, 1.54) is 40.6 Å². The van der Waals surface area contributed by atoms with E-state index in [1.54, 1.807) is 0 Å². The summed E-state index contributed by atoms with van der Waals surface area (Å²) < 4.78 is 2.19. The van der Waals surface area contributed by atoms with Gasteiger partial charge in [-0.2, -0.15) is 0 Å². The Bertz CT molecular complexity index is 650. The molecule has 0 unspecified atom stereocenters. The molecule has 0 atom stereocenters. The van der Waals surface area contributed by atoms with Gasteiger partial charge in [0.05, 0.1) is 0 Å². The smallest absolute Gasteiger partial charge is 0.303 e. The third-order valence-electron chi connectivity index (χ3n) is 4.29. The minimum Gasteiger partial charge on any atom is -0.481 e. The van der Waals surface area contributed by atoms with Crippen molar-refractivity contribution in [2.24, 2.45) is 7.05 Å². The quantitative estimate of drug-likeness (QED) is 0.912. The Morgan fingerprint density at radius 2 is 2.16 bits per heavy atom. The highest BCUT2D eigenvalue weighted by Crippen LogP contribution is 2.41. The Balaban J connectivity index is 2.06. The molecule has 1 fully saturated rings. The van der Waals surface area contributed by atoms with E-state index in [0.29, 0.717) is 6.42 Å². The second-order valence-electron chi connectivity index (χ2n) is 5.57. The first-order chi connectivity index (χ1) is 9.08. The van der Waals surface area contributed by atoms with Crippen LogP contribution in [0.1, 0.15) is 42.0 Å². The molecule has 1 aromatic heterocycles. The molecule has 19 heavy (non-hydrogen) atoms. The maximum atomic E-state index is 10.8. The molecule has 0 saturated heterocycles. The Hall–Kier alpha value is -1.77. The Morgan fingerprint density at radius 1 is 1.42 bits per heavy atom. The van der Waals surface area contributed by atoms with Gasteiger partial charge in [-0.05, 0) is 49.3 Å². The van der Waals surface area contributed by atoms with Gasteiger partial charge >= 0.3 is 5.97 Å². The highest BCUT2D eigenvalue weighted by molar-refractivity contribution is 5.86. The molecule has 1 heterocycles. The maximum Gasteiger partial charge on any atom is 0.303 e. The summed E-state index contributed by atoms with van der Waals surface area (Å²) in [6.07, 6.45) is 3.42. The SMILES string of the molecule is Cc1c(CCC(=O)O)c2ccc(C3CC3)cc2n1C. The summed E-state index contributed by atoms with van der Waals surface area (Å²) in [6.45, 7) is 2.08. The molecular formula is C16H19NO2. The zero-order valence-corrected chi connectivity index (χ0v) is 11.4. The Morgan fingerprint density at radius 3 is 2.79 bits per heavy atom. The van der Waals surface area contributed by atoms with Crippen LogP contribution in [0.2, 0.25) is 0 Å². The van der Waals surface area contributed by atoms with Crippen LogP contribution in [0.5, 0.6) is 0 Å². The lowest BCUT2D eigenvalue weighted by atomic mass is 10.0. The van der Waals surface area contributed by atoms with Crippen LogP contribution in [0.25, 0.3) is 10.9 Å². The molecule has 0 aliphatic heterocycles. The Kier molecular flexibility index (Phi) is 2.85. The number of rotatable bonds is 4. The van der Waals surface area contributed by atoms with E-state index >= 15 is 0 Å². The van der Waals surface area contributed by atoms with E-state index in [4.69, 9.17) is 5.11 Å². The zero-order chi connectivity index (χ0) is 13.6. The van der Waals surface area contributed by atoms with Crippen LogP contribution < -0.4 is 0 Å². The molecule has 1 aliphatic rings. The monoisotopic (exact) mass is 257 g/mol. The lowest BCUT2D eigenvalue weighted by Crippen LogP contribution is -1.99. The average molecular weight is 257 g/mol. The fourth-order valence-electron chi connectivity index (χ4n) is 2.88. The van der Waals surface area contributed by atoms with Crippen molar-refractivity contribution in [3.63, 3.8) is 0 Å².